The van der Waals surface area contributed by atoms with E-state index in [0.717, 1.165) is 28.4 Å². The molecule has 29 heavy (non-hydrogen) atoms. The van der Waals surface area contributed by atoms with Gasteiger partial charge in [0.05, 0.1) is 6.04 Å². The molecule has 4 rings (SSSR count). The summed E-state index contributed by atoms with van der Waals surface area (Å²) in [4.78, 5) is 25.8. The molecular formula is C21H20BrN5O2. The number of anilines is 1. The Balaban J connectivity index is 1.67. The van der Waals surface area contributed by atoms with Gasteiger partial charge in [-0.1, -0.05) is 18.7 Å². The summed E-state index contributed by atoms with van der Waals surface area (Å²) in [6.45, 7) is 4.65. The molecule has 1 aliphatic rings. The van der Waals surface area contributed by atoms with E-state index < -0.39 is 6.04 Å². The standard InChI is InChI=1S/C21H20BrN5O2/c1-13-17(28)7-4-5-10-24-20(26-19(13)14-9-11-23-12-15(14)22)27-21-25-16-6-2-3-8-18(16)29-21/h2-3,6,8-9,11-12,19H,1,4-5,7,10H2,(H2,24,25,26,27). The highest BCUT2D eigenvalue weighted by Crippen LogP contribution is 2.29. The lowest BCUT2D eigenvalue weighted by atomic mass is 9.95. The lowest BCUT2D eigenvalue weighted by Crippen LogP contribution is -2.37. The molecule has 3 heterocycles. The number of fused-ring (bicyclic) bond motifs is 1. The number of hydrogen-bond acceptors (Lipinski definition) is 7. The number of pyridine rings is 1. The molecule has 148 valence electrons. The molecular weight excluding hydrogens is 434 g/mol. The Morgan fingerprint density at radius 1 is 1.24 bits per heavy atom. The number of oxazole rings is 1. The van der Waals surface area contributed by atoms with Gasteiger partial charge in [0.25, 0.3) is 0 Å². The number of nitrogens with zero attached hydrogens (tertiary/aromatic N) is 3. The Morgan fingerprint density at radius 2 is 2.10 bits per heavy atom. The zero-order valence-corrected chi connectivity index (χ0v) is 17.3. The van der Waals surface area contributed by atoms with Crippen LogP contribution in [0.4, 0.5) is 6.01 Å². The maximum absolute atomic E-state index is 12.6. The zero-order valence-electron chi connectivity index (χ0n) is 15.7. The summed E-state index contributed by atoms with van der Waals surface area (Å²) >= 11 is 3.52. The quantitative estimate of drug-likeness (QED) is 0.558. The van der Waals surface area contributed by atoms with Crippen molar-refractivity contribution in [3.05, 3.63) is 64.9 Å². The van der Waals surface area contributed by atoms with Gasteiger partial charge >= 0.3 is 6.01 Å². The third-order valence-corrected chi connectivity index (χ3v) is 5.37. The number of carbonyl (C=O) groups excluding carboxylic acids is 1. The van der Waals surface area contributed by atoms with E-state index >= 15 is 0 Å². The Bertz CT molecular complexity index is 1060. The van der Waals surface area contributed by atoms with Crippen LogP contribution in [0.3, 0.4) is 0 Å². The highest BCUT2D eigenvalue weighted by atomic mass is 79.9. The van der Waals surface area contributed by atoms with E-state index in [0.29, 0.717) is 36.1 Å². The SMILES string of the molecule is C=C1C(=O)CCCCN=C(Nc2nc3ccccc3o2)NC1c1ccncc1Br. The first-order chi connectivity index (χ1) is 14.1. The number of Topliss-reactive ketones (excluding diaryl/α,β-unsaturated/α-hetero) is 1. The summed E-state index contributed by atoms with van der Waals surface area (Å²) in [5.74, 6) is 0.510. The van der Waals surface area contributed by atoms with Crippen molar-refractivity contribution in [2.75, 3.05) is 11.9 Å². The molecule has 0 saturated heterocycles. The first-order valence-corrected chi connectivity index (χ1v) is 10.2. The zero-order chi connectivity index (χ0) is 20.2. The lowest BCUT2D eigenvalue weighted by molar-refractivity contribution is -0.116. The van der Waals surface area contributed by atoms with Crippen LogP contribution in [0.25, 0.3) is 11.1 Å². The van der Waals surface area contributed by atoms with E-state index in [1.807, 2.05) is 30.3 Å². The second-order valence-corrected chi connectivity index (χ2v) is 7.58. The van der Waals surface area contributed by atoms with Crippen LogP contribution in [0.1, 0.15) is 30.9 Å². The highest BCUT2D eigenvalue weighted by molar-refractivity contribution is 9.10. The molecule has 0 spiro atoms. The summed E-state index contributed by atoms with van der Waals surface area (Å²) in [5.41, 5.74) is 2.77. The van der Waals surface area contributed by atoms with Gasteiger partial charge < -0.3 is 9.73 Å². The normalized spacial score (nSPS) is 18.2. The number of benzene rings is 1. The Kier molecular flexibility index (Phi) is 5.71. The summed E-state index contributed by atoms with van der Waals surface area (Å²) < 4.78 is 6.54. The van der Waals surface area contributed by atoms with E-state index in [2.05, 4.69) is 48.1 Å². The number of carbonyl (C=O) groups is 1. The van der Waals surface area contributed by atoms with Crippen LogP contribution in [0, 0.1) is 0 Å². The van der Waals surface area contributed by atoms with Gasteiger partial charge in [0, 0.05) is 35.4 Å². The minimum absolute atomic E-state index is 0.0364. The first kappa shape index (κ1) is 19.3. The molecule has 1 aromatic carbocycles. The van der Waals surface area contributed by atoms with Crippen molar-refractivity contribution in [1.82, 2.24) is 15.3 Å². The number of halogens is 1. The van der Waals surface area contributed by atoms with Crippen LogP contribution in [-0.2, 0) is 4.79 Å². The van der Waals surface area contributed by atoms with Gasteiger partial charge in [-0.15, -0.1) is 0 Å². The average molecular weight is 454 g/mol. The minimum atomic E-state index is -0.464. The molecule has 2 N–H and O–H groups in total. The monoisotopic (exact) mass is 453 g/mol. The van der Waals surface area contributed by atoms with Crippen molar-refractivity contribution in [3.8, 4) is 0 Å². The molecule has 1 unspecified atom stereocenters. The van der Waals surface area contributed by atoms with Gasteiger partial charge in [-0.3, -0.25) is 20.1 Å². The topological polar surface area (TPSA) is 92.4 Å². The molecule has 0 aliphatic carbocycles. The van der Waals surface area contributed by atoms with Crippen molar-refractivity contribution in [3.63, 3.8) is 0 Å². The summed E-state index contributed by atoms with van der Waals surface area (Å²) in [6, 6.07) is 9.25. The van der Waals surface area contributed by atoms with E-state index in [1.54, 1.807) is 12.4 Å². The molecule has 1 aliphatic heterocycles. The maximum atomic E-state index is 12.6. The number of aromatic nitrogens is 2. The fraction of sp³-hybridized carbons (Fsp3) is 0.238. The molecule has 0 radical (unpaired) electrons. The van der Waals surface area contributed by atoms with Crippen LogP contribution in [0.15, 0.2) is 68.8 Å². The van der Waals surface area contributed by atoms with Crippen molar-refractivity contribution in [1.29, 1.82) is 0 Å². The van der Waals surface area contributed by atoms with Crippen LogP contribution in [0.5, 0.6) is 0 Å². The summed E-state index contributed by atoms with van der Waals surface area (Å²) in [5, 5.41) is 6.43. The first-order valence-electron chi connectivity index (χ1n) is 9.37. The van der Waals surface area contributed by atoms with Gasteiger partial charge in [-0.2, -0.15) is 4.98 Å². The van der Waals surface area contributed by atoms with Crippen LogP contribution >= 0.6 is 15.9 Å². The molecule has 2 aromatic heterocycles. The van der Waals surface area contributed by atoms with Gasteiger partial charge in [0.15, 0.2) is 17.3 Å². The molecule has 0 bridgehead atoms. The molecule has 0 fully saturated rings. The van der Waals surface area contributed by atoms with E-state index in [1.165, 1.54) is 0 Å². The predicted octanol–water partition coefficient (Wildman–Crippen LogP) is 4.39. The van der Waals surface area contributed by atoms with E-state index in [-0.39, 0.29) is 5.78 Å². The fourth-order valence-corrected chi connectivity index (χ4v) is 3.65. The van der Waals surface area contributed by atoms with Crippen molar-refractivity contribution in [2.24, 2.45) is 4.99 Å². The van der Waals surface area contributed by atoms with E-state index in [9.17, 15) is 4.79 Å². The van der Waals surface area contributed by atoms with Gasteiger partial charge in [0.2, 0.25) is 0 Å². The molecule has 1 atom stereocenters. The number of rotatable bonds is 2. The molecule has 3 aromatic rings. The van der Waals surface area contributed by atoms with Gasteiger partial charge in [-0.05, 0) is 52.5 Å². The third kappa shape index (κ3) is 4.37. The number of ketones is 1. The van der Waals surface area contributed by atoms with Gasteiger partial charge in [-0.25, -0.2) is 0 Å². The molecule has 7 nitrogen and oxygen atoms in total. The third-order valence-electron chi connectivity index (χ3n) is 4.70. The molecule has 0 saturated carbocycles. The van der Waals surface area contributed by atoms with Crippen LogP contribution in [-0.4, -0.2) is 28.3 Å². The average Bonchev–Trinajstić information content (AvgIpc) is 3.13. The minimum Gasteiger partial charge on any atom is -0.423 e. The van der Waals surface area contributed by atoms with Crippen LogP contribution < -0.4 is 10.6 Å². The predicted molar refractivity (Wildman–Crippen MR) is 116 cm³/mol. The number of aliphatic imine (C=N–C) groups is 1. The molecule has 8 heteroatoms. The highest BCUT2D eigenvalue weighted by Gasteiger charge is 2.25. The van der Waals surface area contributed by atoms with Crippen LogP contribution in [0.2, 0.25) is 0 Å². The maximum Gasteiger partial charge on any atom is 0.302 e. The van der Waals surface area contributed by atoms with Crippen molar-refractivity contribution >= 4 is 44.8 Å². The summed E-state index contributed by atoms with van der Waals surface area (Å²) in [7, 11) is 0. The Labute approximate surface area is 176 Å². The summed E-state index contributed by atoms with van der Waals surface area (Å²) in [6.07, 6.45) is 5.41. The number of hydrogen-bond donors (Lipinski definition) is 2. The number of nitrogens with one attached hydrogen (secondary N) is 2. The van der Waals surface area contributed by atoms with Gasteiger partial charge in [0.1, 0.15) is 5.52 Å². The van der Waals surface area contributed by atoms with E-state index in [4.69, 9.17) is 4.42 Å². The smallest absolute Gasteiger partial charge is 0.302 e. The molecule has 0 amide bonds. The number of guanidine groups is 1. The second kappa shape index (κ2) is 8.57. The Morgan fingerprint density at radius 3 is 2.93 bits per heavy atom. The van der Waals surface area contributed by atoms with Crippen molar-refractivity contribution in [2.45, 2.75) is 25.3 Å². The number of para-hydroxylation sites is 2. The second-order valence-electron chi connectivity index (χ2n) is 6.72. The Hall–Kier alpha value is -3.00. The largest absolute Gasteiger partial charge is 0.423 e. The fourth-order valence-electron chi connectivity index (χ4n) is 3.17. The lowest BCUT2D eigenvalue weighted by Gasteiger charge is -2.24. The van der Waals surface area contributed by atoms with Crippen molar-refractivity contribution < 1.29 is 9.21 Å².